The Morgan fingerprint density at radius 1 is 1.04 bits per heavy atom. The van der Waals surface area contributed by atoms with Gasteiger partial charge in [0.15, 0.2) is 5.82 Å². The first-order valence-electron chi connectivity index (χ1n) is 8.83. The van der Waals surface area contributed by atoms with Crippen LogP contribution < -0.4 is 5.32 Å². The van der Waals surface area contributed by atoms with Crippen molar-refractivity contribution < 1.29 is 4.39 Å². The van der Waals surface area contributed by atoms with Crippen molar-refractivity contribution in [3.8, 4) is 0 Å². The maximum Gasteiger partial charge on any atom is 0.153 e. The molecule has 6 heteroatoms. The fourth-order valence-corrected chi connectivity index (χ4v) is 3.11. The predicted molar refractivity (Wildman–Crippen MR) is 105 cm³/mol. The molecule has 4 rings (SSSR count). The molecule has 0 spiro atoms. The van der Waals surface area contributed by atoms with Crippen LogP contribution in [0.5, 0.6) is 0 Å². The Morgan fingerprint density at radius 3 is 2.52 bits per heavy atom. The van der Waals surface area contributed by atoms with E-state index in [0.29, 0.717) is 17.5 Å². The number of nitrogens with one attached hydrogen (secondary N) is 2. The lowest BCUT2D eigenvalue weighted by molar-refractivity contribution is 0.626. The maximum absolute atomic E-state index is 13.3. The Hall–Kier alpha value is -3.28. The lowest BCUT2D eigenvalue weighted by Gasteiger charge is -2.15. The highest BCUT2D eigenvalue weighted by molar-refractivity contribution is 5.92. The van der Waals surface area contributed by atoms with Gasteiger partial charge in [-0.3, -0.25) is 5.10 Å². The maximum atomic E-state index is 13.3. The van der Waals surface area contributed by atoms with E-state index < -0.39 is 0 Å². The SMILES string of the molecule is Cc1cc(Nc2nc([C@H](C)c3ccc(F)cc3)nc3c(C)cccc23)n[nH]1. The van der Waals surface area contributed by atoms with E-state index in [-0.39, 0.29) is 11.7 Å². The van der Waals surface area contributed by atoms with Crippen LogP contribution in [0, 0.1) is 19.7 Å². The van der Waals surface area contributed by atoms with Crippen LogP contribution in [0.3, 0.4) is 0 Å². The van der Waals surface area contributed by atoms with Gasteiger partial charge < -0.3 is 5.32 Å². The van der Waals surface area contributed by atoms with Crippen molar-refractivity contribution in [1.29, 1.82) is 0 Å². The van der Waals surface area contributed by atoms with Gasteiger partial charge in [0, 0.05) is 23.1 Å². The summed E-state index contributed by atoms with van der Waals surface area (Å²) in [6.45, 7) is 6.00. The van der Waals surface area contributed by atoms with Crippen molar-refractivity contribution in [3.05, 3.63) is 77.0 Å². The largest absolute Gasteiger partial charge is 0.323 e. The highest BCUT2D eigenvalue weighted by atomic mass is 19.1. The molecule has 0 aliphatic heterocycles. The van der Waals surface area contributed by atoms with Crippen LogP contribution in [0.25, 0.3) is 10.9 Å². The Balaban J connectivity index is 1.83. The molecule has 2 aromatic carbocycles. The second-order valence-electron chi connectivity index (χ2n) is 6.74. The summed E-state index contributed by atoms with van der Waals surface area (Å²) in [6, 6.07) is 14.4. The van der Waals surface area contributed by atoms with E-state index in [1.54, 1.807) is 12.1 Å². The van der Waals surface area contributed by atoms with Crippen molar-refractivity contribution in [2.45, 2.75) is 26.7 Å². The van der Waals surface area contributed by atoms with Crippen LogP contribution in [-0.2, 0) is 0 Å². The minimum atomic E-state index is -0.252. The summed E-state index contributed by atoms with van der Waals surface area (Å²) in [4.78, 5) is 9.58. The van der Waals surface area contributed by atoms with Crippen LogP contribution in [0.15, 0.2) is 48.5 Å². The fourth-order valence-electron chi connectivity index (χ4n) is 3.11. The number of hydrogen-bond donors (Lipinski definition) is 2. The third-order valence-electron chi connectivity index (χ3n) is 4.66. The van der Waals surface area contributed by atoms with E-state index in [9.17, 15) is 4.39 Å². The van der Waals surface area contributed by atoms with Crippen LogP contribution in [0.4, 0.5) is 16.0 Å². The van der Waals surface area contributed by atoms with Crippen molar-refractivity contribution in [3.63, 3.8) is 0 Å². The molecule has 2 heterocycles. The van der Waals surface area contributed by atoms with Crippen molar-refractivity contribution in [2.75, 3.05) is 5.32 Å². The summed E-state index contributed by atoms with van der Waals surface area (Å²) >= 11 is 0. The van der Waals surface area contributed by atoms with Crippen LogP contribution >= 0.6 is 0 Å². The summed E-state index contributed by atoms with van der Waals surface area (Å²) in [7, 11) is 0. The highest BCUT2D eigenvalue weighted by Gasteiger charge is 2.17. The molecule has 4 aromatic rings. The molecule has 27 heavy (non-hydrogen) atoms. The average Bonchev–Trinajstić information content (AvgIpc) is 3.07. The van der Waals surface area contributed by atoms with E-state index in [2.05, 4.69) is 15.5 Å². The van der Waals surface area contributed by atoms with Gasteiger partial charge in [-0.05, 0) is 43.2 Å². The van der Waals surface area contributed by atoms with E-state index >= 15 is 0 Å². The quantitative estimate of drug-likeness (QED) is 0.536. The number of H-pyrrole nitrogens is 1. The summed E-state index contributed by atoms with van der Waals surface area (Å²) in [6.07, 6.45) is 0. The standard InChI is InChI=1S/C21H20FN5/c1-12-5-4-6-17-19(12)24-20(14(3)15-7-9-16(22)10-8-15)25-21(17)23-18-11-13(2)26-27-18/h4-11,14H,1-3H3,(H2,23,24,25,26,27)/t14-/m1/s1. The van der Waals surface area contributed by atoms with E-state index in [1.807, 2.05) is 45.0 Å². The molecule has 136 valence electrons. The monoisotopic (exact) mass is 361 g/mol. The van der Waals surface area contributed by atoms with Crippen molar-refractivity contribution in [2.24, 2.45) is 0 Å². The molecule has 0 radical (unpaired) electrons. The van der Waals surface area contributed by atoms with Gasteiger partial charge in [-0.2, -0.15) is 5.10 Å². The average molecular weight is 361 g/mol. The second kappa shape index (κ2) is 6.79. The minimum Gasteiger partial charge on any atom is -0.323 e. The summed E-state index contributed by atoms with van der Waals surface area (Å²) in [5, 5.41) is 11.4. The number of anilines is 2. The van der Waals surface area contributed by atoms with Crippen LogP contribution in [-0.4, -0.2) is 20.2 Å². The molecule has 0 amide bonds. The zero-order valence-electron chi connectivity index (χ0n) is 15.4. The summed E-state index contributed by atoms with van der Waals surface area (Å²) < 4.78 is 13.3. The molecular formula is C21H20FN5. The number of nitrogens with zero attached hydrogens (tertiary/aromatic N) is 3. The number of para-hydroxylation sites is 1. The number of benzene rings is 2. The Morgan fingerprint density at radius 2 is 1.81 bits per heavy atom. The zero-order chi connectivity index (χ0) is 19.0. The van der Waals surface area contributed by atoms with E-state index in [1.165, 1.54) is 12.1 Å². The van der Waals surface area contributed by atoms with Crippen molar-refractivity contribution >= 4 is 22.5 Å². The predicted octanol–water partition coefficient (Wildman–Crippen LogP) is 5.00. The lowest BCUT2D eigenvalue weighted by Crippen LogP contribution is -2.07. The number of hydrogen-bond acceptors (Lipinski definition) is 4. The van der Waals surface area contributed by atoms with Gasteiger partial charge in [0.1, 0.15) is 17.5 Å². The minimum absolute atomic E-state index is 0.0731. The number of aromatic amines is 1. The molecular weight excluding hydrogens is 341 g/mol. The van der Waals surface area contributed by atoms with Gasteiger partial charge in [-0.1, -0.05) is 31.2 Å². The van der Waals surface area contributed by atoms with Gasteiger partial charge in [-0.15, -0.1) is 0 Å². The Kier molecular flexibility index (Phi) is 4.32. The highest BCUT2D eigenvalue weighted by Crippen LogP contribution is 2.29. The Bertz CT molecular complexity index is 1100. The number of aromatic nitrogens is 4. The number of aryl methyl sites for hydroxylation is 2. The molecule has 0 saturated heterocycles. The van der Waals surface area contributed by atoms with Crippen LogP contribution in [0.1, 0.15) is 35.5 Å². The molecule has 2 N–H and O–H groups in total. The molecule has 1 atom stereocenters. The van der Waals surface area contributed by atoms with Gasteiger partial charge in [0.25, 0.3) is 0 Å². The lowest BCUT2D eigenvalue weighted by atomic mass is 10.00. The third-order valence-corrected chi connectivity index (χ3v) is 4.66. The third kappa shape index (κ3) is 3.38. The number of fused-ring (bicyclic) bond motifs is 1. The molecule has 2 aromatic heterocycles. The Labute approximate surface area is 156 Å². The molecule has 5 nitrogen and oxygen atoms in total. The number of halogens is 1. The number of rotatable bonds is 4. The summed E-state index contributed by atoms with van der Waals surface area (Å²) in [5.74, 6) is 1.76. The fraction of sp³-hybridized carbons (Fsp3) is 0.190. The summed E-state index contributed by atoms with van der Waals surface area (Å²) in [5.41, 5.74) is 3.90. The molecule has 0 bridgehead atoms. The smallest absolute Gasteiger partial charge is 0.153 e. The molecule has 0 aliphatic carbocycles. The van der Waals surface area contributed by atoms with Crippen LogP contribution in [0.2, 0.25) is 0 Å². The first kappa shape index (κ1) is 17.1. The van der Waals surface area contributed by atoms with Gasteiger partial charge in [0.2, 0.25) is 0 Å². The van der Waals surface area contributed by atoms with Crippen molar-refractivity contribution in [1.82, 2.24) is 20.2 Å². The van der Waals surface area contributed by atoms with Gasteiger partial charge >= 0.3 is 0 Å². The topological polar surface area (TPSA) is 66.5 Å². The van der Waals surface area contributed by atoms with E-state index in [0.717, 1.165) is 27.7 Å². The molecule has 0 fully saturated rings. The molecule has 0 unspecified atom stereocenters. The van der Waals surface area contributed by atoms with E-state index in [4.69, 9.17) is 9.97 Å². The normalized spacial score (nSPS) is 12.3. The first-order chi connectivity index (χ1) is 13.0. The molecule has 0 aliphatic rings. The van der Waals surface area contributed by atoms with Gasteiger partial charge in [0.05, 0.1) is 5.52 Å². The van der Waals surface area contributed by atoms with Gasteiger partial charge in [-0.25, -0.2) is 14.4 Å². The second-order valence-corrected chi connectivity index (χ2v) is 6.74. The molecule has 0 saturated carbocycles. The first-order valence-corrected chi connectivity index (χ1v) is 8.83. The zero-order valence-corrected chi connectivity index (χ0v) is 15.4.